The van der Waals surface area contributed by atoms with Crippen LogP contribution in [0, 0.1) is 12.8 Å². The molecule has 2 fully saturated rings. The highest BCUT2D eigenvalue weighted by atomic mass is 35.5. The molecule has 3 heterocycles. The Morgan fingerprint density at radius 1 is 1.17 bits per heavy atom. The molecule has 5 rings (SSSR count). The number of halogens is 2. The van der Waals surface area contributed by atoms with Gasteiger partial charge < -0.3 is 14.1 Å². The van der Waals surface area contributed by atoms with Crippen molar-refractivity contribution in [2.75, 3.05) is 24.6 Å². The van der Waals surface area contributed by atoms with Gasteiger partial charge in [-0.25, -0.2) is 0 Å². The number of ether oxygens (including phenoxy) is 1. The maximum absolute atomic E-state index is 6.44. The summed E-state index contributed by atoms with van der Waals surface area (Å²) in [5, 5.41) is 6.00. The predicted octanol–water partition coefficient (Wildman–Crippen LogP) is 6.00. The van der Waals surface area contributed by atoms with Crippen LogP contribution in [-0.2, 0) is 4.74 Å². The Hall–Kier alpha value is -1.69. The fraction of sp³-hybridized carbons (Fsp3) is 0.500. The van der Waals surface area contributed by atoms with Gasteiger partial charge in [0.2, 0.25) is 5.71 Å². The Labute approximate surface area is 180 Å². The van der Waals surface area contributed by atoms with E-state index in [1.165, 1.54) is 25.7 Å². The third-order valence-corrected chi connectivity index (χ3v) is 6.44. The fourth-order valence-corrected chi connectivity index (χ4v) is 4.74. The summed E-state index contributed by atoms with van der Waals surface area (Å²) in [7, 11) is 0. The van der Waals surface area contributed by atoms with Crippen LogP contribution in [0.2, 0.25) is 10.0 Å². The highest BCUT2D eigenvalue weighted by Gasteiger charge is 2.31. The zero-order valence-electron chi connectivity index (χ0n) is 16.5. The van der Waals surface area contributed by atoms with Crippen LogP contribution < -0.4 is 4.90 Å². The van der Waals surface area contributed by atoms with Gasteiger partial charge in [0.1, 0.15) is 17.6 Å². The zero-order valence-corrected chi connectivity index (χ0v) is 18.0. The van der Waals surface area contributed by atoms with Crippen molar-refractivity contribution >= 4 is 34.6 Å². The molecule has 0 spiro atoms. The van der Waals surface area contributed by atoms with Gasteiger partial charge in [-0.05, 0) is 63.1 Å². The summed E-state index contributed by atoms with van der Waals surface area (Å²) >= 11 is 12.5. The molecular formula is C22H25Cl2N3O2. The summed E-state index contributed by atoms with van der Waals surface area (Å²) < 4.78 is 13.9. The van der Waals surface area contributed by atoms with E-state index in [9.17, 15) is 0 Å². The van der Waals surface area contributed by atoms with Gasteiger partial charge in [-0.2, -0.15) is 9.61 Å². The van der Waals surface area contributed by atoms with Crippen molar-refractivity contribution in [3.05, 3.63) is 40.2 Å². The molecule has 1 unspecified atom stereocenters. The van der Waals surface area contributed by atoms with Gasteiger partial charge in [-0.1, -0.05) is 23.2 Å². The smallest absolute Gasteiger partial charge is 0.246 e. The maximum atomic E-state index is 6.44. The number of aromatic nitrogens is 2. The highest BCUT2D eigenvalue weighted by Crippen LogP contribution is 2.38. The lowest BCUT2D eigenvalue weighted by atomic mass is 10.1. The van der Waals surface area contributed by atoms with E-state index in [1.54, 1.807) is 12.3 Å². The lowest BCUT2D eigenvalue weighted by Crippen LogP contribution is -2.37. The summed E-state index contributed by atoms with van der Waals surface area (Å²) in [6.45, 7) is 4.83. The molecule has 3 aromatic rings. The first-order chi connectivity index (χ1) is 14.1. The van der Waals surface area contributed by atoms with Gasteiger partial charge in [0.25, 0.3) is 0 Å². The first-order valence-corrected chi connectivity index (χ1v) is 11.1. The lowest BCUT2D eigenvalue weighted by molar-refractivity contribution is 0.0209. The zero-order chi connectivity index (χ0) is 20.0. The van der Waals surface area contributed by atoms with Crippen molar-refractivity contribution in [3.8, 4) is 11.3 Å². The maximum Gasteiger partial charge on any atom is 0.246 e. The Balaban J connectivity index is 1.52. The molecule has 1 saturated carbocycles. The Kier molecular flexibility index (Phi) is 5.23. The fourth-order valence-electron chi connectivity index (χ4n) is 4.23. The molecule has 1 aliphatic carbocycles. The van der Waals surface area contributed by atoms with Crippen LogP contribution in [0.25, 0.3) is 17.0 Å². The average Bonchev–Trinajstić information content (AvgIpc) is 3.34. The van der Waals surface area contributed by atoms with Crippen LogP contribution in [0.5, 0.6) is 0 Å². The third kappa shape index (κ3) is 3.88. The minimum absolute atomic E-state index is 0.275. The van der Waals surface area contributed by atoms with Crippen LogP contribution in [0.4, 0.5) is 5.69 Å². The van der Waals surface area contributed by atoms with E-state index in [2.05, 4.69) is 4.90 Å². The Morgan fingerprint density at radius 3 is 2.76 bits per heavy atom. The SMILES string of the molecule is Cc1nn2c(-c3ccc(Cl)cc3Cl)coc2c1N(CC1CC1)CC1CCCCO1. The van der Waals surface area contributed by atoms with E-state index in [-0.39, 0.29) is 6.10 Å². The Morgan fingerprint density at radius 2 is 2.03 bits per heavy atom. The van der Waals surface area contributed by atoms with E-state index >= 15 is 0 Å². The molecule has 0 amide bonds. The molecule has 5 nitrogen and oxygen atoms in total. The second-order valence-electron chi connectivity index (χ2n) is 8.23. The van der Waals surface area contributed by atoms with E-state index in [1.807, 2.05) is 23.6 Å². The molecule has 2 aliphatic rings. The van der Waals surface area contributed by atoms with Crippen LogP contribution in [0.3, 0.4) is 0 Å². The second-order valence-corrected chi connectivity index (χ2v) is 9.08. The minimum Gasteiger partial charge on any atom is -0.443 e. The molecule has 0 radical (unpaired) electrons. The summed E-state index contributed by atoms with van der Waals surface area (Å²) in [6, 6.07) is 5.48. The van der Waals surface area contributed by atoms with Crippen molar-refractivity contribution in [3.63, 3.8) is 0 Å². The van der Waals surface area contributed by atoms with E-state index < -0.39 is 0 Å². The van der Waals surface area contributed by atoms with Crippen LogP contribution >= 0.6 is 23.2 Å². The molecule has 2 aromatic heterocycles. The lowest BCUT2D eigenvalue weighted by Gasteiger charge is -2.31. The molecular weight excluding hydrogens is 409 g/mol. The van der Waals surface area contributed by atoms with Crippen molar-refractivity contribution in [1.82, 2.24) is 9.61 Å². The number of oxazole rings is 1. The largest absolute Gasteiger partial charge is 0.443 e. The average molecular weight is 434 g/mol. The van der Waals surface area contributed by atoms with Gasteiger partial charge in [0, 0.05) is 30.3 Å². The molecule has 29 heavy (non-hydrogen) atoms. The molecule has 1 atom stereocenters. The number of nitrogens with zero attached hydrogens (tertiary/aromatic N) is 3. The predicted molar refractivity (Wildman–Crippen MR) is 116 cm³/mol. The van der Waals surface area contributed by atoms with Gasteiger partial charge >= 0.3 is 0 Å². The van der Waals surface area contributed by atoms with Crippen molar-refractivity contribution in [2.45, 2.75) is 45.1 Å². The first kappa shape index (κ1) is 19.3. The van der Waals surface area contributed by atoms with Gasteiger partial charge in [0.15, 0.2) is 0 Å². The summed E-state index contributed by atoms with van der Waals surface area (Å²) in [4.78, 5) is 2.43. The first-order valence-electron chi connectivity index (χ1n) is 10.4. The van der Waals surface area contributed by atoms with E-state index in [0.717, 1.165) is 60.4 Å². The number of hydrogen-bond donors (Lipinski definition) is 0. The topological polar surface area (TPSA) is 42.9 Å². The summed E-state index contributed by atoms with van der Waals surface area (Å²) in [5.74, 6) is 0.757. The standard InChI is InChI=1S/C22H25Cl2N3O2/c1-14-21(26(11-15-5-6-15)12-17-4-2-3-9-28-17)22-27(25-14)20(13-29-22)18-8-7-16(23)10-19(18)24/h7-8,10,13,15,17H,2-6,9,11-12H2,1H3. The number of aryl methyl sites for hydroxylation is 1. The summed E-state index contributed by atoms with van der Waals surface area (Å²) in [5.41, 5.74) is 4.49. The molecule has 0 bridgehead atoms. The molecule has 0 N–H and O–H groups in total. The van der Waals surface area contributed by atoms with Gasteiger partial charge in [-0.15, -0.1) is 0 Å². The second kappa shape index (κ2) is 7.86. The number of benzene rings is 1. The van der Waals surface area contributed by atoms with Crippen LogP contribution in [0.15, 0.2) is 28.9 Å². The number of rotatable bonds is 6. The Bertz CT molecular complexity index is 1020. The molecule has 1 aromatic carbocycles. The normalized spacial score (nSPS) is 19.8. The van der Waals surface area contributed by atoms with E-state index in [4.69, 9.17) is 37.5 Å². The molecule has 1 aliphatic heterocycles. The van der Waals surface area contributed by atoms with Gasteiger partial charge in [-0.3, -0.25) is 0 Å². The van der Waals surface area contributed by atoms with Crippen molar-refractivity contribution in [2.24, 2.45) is 5.92 Å². The molecule has 7 heteroatoms. The van der Waals surface area contributed by atoms with Crippen LogP contribution in [-0.4, -0.2) is 35.4 Å². The molecule has 154 valence electrons. The highest BCUT2D eigenvalue weighted by molar-refractivity contribution is 6.36. The quantitative estimate of drug-likeness (QED) is 0.478. The number of anilines is 1. The van der Waals surface area contributed by atoms with Gasteiger partial charge in [0.05, 0.1) is 16.8 Å². The molecule has 1 saturated heterocycles. The summed E-state index contributed by atoms with van der Waals surface area (Å²) in [6.07, 6.45) is 8.13. The number of hydrogen-bond acceptors (Lipinski definition) is 4. The van der Waals surface area contributed by atoms with E-state index in [0.29, 0.717) is 10.0 Å². The van der Waals surface area contributed by atoms with Crippen molar-refractivity contribution in [1.29, 1.82) is 0 Å². The van der Waals surface area contributed by atoms with Crippen LogP contribution in [0.1, 0.15) is 37.8 Å². The monoisotopic (exact) mass is 433 g/mol. The third-order valence-electron chi connectivity index (χ3n) is 5.89. The minimum atomic E-state index is 0.275. The van der Waals surface area contributed by atoms with Crippen molar-refractivity contribution < 1.29 is 9.15 Å². The number of fused-ring (bicyclic) bond motifs is 1.